The van der Waals surface area contributed by atoms with Crippen molar-refractivity contribution in [2.45, 2.75) is 13.8 Å². The number of aliphatic hydroxyl groups excluding tert-OH is 1. The molecule has 0 amide bonds. The SMILES string of the molecule is COc1ccc(N2CCN(C(=N)/C(C(C)=O)=C(/C)O)CC2)cc1. The third-order valence-corrected chi connectivity index (χ3v) is 3.98. The van der Waals surface area contributed by atoms with Crippen molar-refractivity contribution >= 4 is 17.3 Å². The van der Waals surface area contributed by atoms with Gasteiger partial charge in [-0.1, -0.05) is 0 Å². The minimum atomic E-state index is -0.285. The largest absolute Gasteiger partial charge is 0.512 e. The number of hydrogen-bond donors (Lipinski definition) is 2. The average molecular weight is 317 g/mol. The number of Topliss-reactive ketones (excluding diaryl/α,β-unsaturated/α-hetero) is 1. The number of aliphatic hydroxyl groups is 1. The molecule has 0 saturated carbocycles. The Bertz CT molecular complexity index is 610. The summed E-state index contributed by atoms with van der Waals surface area (Å²) < 4.78 is 5.16. The molecular weight excluding hydrogens is 294 g/mol. The zero-order valence-electron chi connectivity index (χ0n) is 13.8. The molecule has 124 valence electrons. The molecule has 2 rings (SSSR count). The minimum absolute atomic E-state index is 0.0971. The summed E-state index contributed by atoms with van der Waals surface area (Å²) >= 11 is 0. The van der Waals surface area contributed by atoms with Crippen LogP contribution in [0.1, 0.15) is 13.8 Å². The van der Waals surface area contributed by atoms with Crippen LogP contribution in [0, 0.1) is 5.41 Å². The maximum atomic E-state index is 11.6. The van der Waals surface area contributed by atoms with Gasteiger partial charge in [-0.2, -0.15) is 0 Å². The Morgan fingerprint density at radius 2 is 1.70 bits per heavy atom. The van der Waals surface area contributed by atoms with E-state index in [4.69, 9.17) is 10.1 Å². The van der Waals surface area contributed by atoms with Gasteiger partial charge in [-0.25, -0.2) is 0 Å². The monoisotopic (exact) mass is 317 g/mol. The van der Waals surface area contributed by atoms with Crippen molar-refractivity contribution in [3.63, 3.8) is 0 Å². The lowest BCUT2D eigenvalue weighted by molar-refractivity contribution is -0.113. The number of nitrogens with zero attached hydrogens (tertiary/aromatic N) is 2. The number of rotatable bonds is 4. The summed E-state index contributed by atoms with van der Waals surface area (Å²) in [5.41, 5.74) is 1.21. The Hall–Kier alpha value is -2.50. The molecule has 0 spiro atoms. The number of ether oxygens (including phenoxy) is 1. The van der Waals surface area contributed by atoms with E-state index >= 15 is 0 Å². The number of carbonyl (C=O) groups excluding carboxylic acids is 1. The van der Waals surface area contributed by atoms with Gasteiger partial charge in [0.25, 0.3) is 0 Å². The maximum Gasteiger partial charge on any atom is 0.166 e. The van der Waals surface area contributed by atoms with Crippen molar-refractivity contribution in [1.29, 1.82) is 5.41 Å². The van der Waals surface area contributed by atoms with Gasteiger partial charge in [0.05, 0.1) is 12.7 Å². The summed E-state index contributed by atoms with van der Waals surface area (Å²) in [4.78, 5) is 15.7. The summed E-state index contributed by atoms with van der Waals surface area (Å²) in [6.45, 7) is 5.59. The molecule has 1 fully saturated rings. The number of piperazine rings is 1. The molecule has 6 heteroatoms. The molecule has 1 aliphatic rings. The molecule has 1 aliphatic heterocycles. The molecule has 0 atom stereocenters. The molecule has 0 radical (unpaired) electrons. The van der Waals surface area contributed by atoms with E-state index in [-0.39, 0.29) is 23.0 Å². The molecule has 0 unspecified atom stereocenters. The van der Waals surface area contributed by atoms with Crippen LogP contribution in [0.5, 0.6) is 5.75 Å². The first-order chi connectivity index (χ1) is 10.9. The molecule has 0 bridgehead atoms. The molecule has 1 saturated heterocycles. The van der Waals surface area contributed by atoms with Crippen LogP contribution in [0.4, 0.5) is 5.69 Å². The highest BCUT2D eigenvalue weighted by Gasteiger charge is 2.24. The van der Waals surface area contributed by atoms with Crippen LogP contribution in [0.15, 0.2) is 35.6 Å². The van der Waals surface area contributed by atoms with Gasteiger partial charge >= 0.3 is 0 Å². The molecule has 0 aliphatic carbocycles. The molecule has 6 nitrogen and oxygen atoms in total. The van der Waals surface area contributed by atoms with E-state index in [1.165, 1.54) is 13.8 Å². The van der Waals surface area contributed by atoms with Crippen molar-refractivity contribution in [2.24, 2.45) is 0 Å². The summed E-state index contributed by atoms with van der Waals surface area (Å²) in [5, 5.41) is 17.8. The molecule has 23 heavy (non-hydrogen) atoms. The predicted molar refractivity (Wildman–Crippen MR) is 90.5 cm³/mol. The molecule has 0 aromatic heterocycles. The number of nitrogens with one attached hydrogen (secondary N) is 1. The lowest BCUT2D eigenvalue weighted by atomic mass is 10.1. The van der Waals surface area contributed by atoms with Crippen LogP contribution in [-0.2, 0) is 4.79 Å². The standard InChI is InChI=1S/C17H23N3O3/c1-12(21)16(13(2)22)17(18)20-10-8-19(9-11-20)14-4-6-15(23-3)7-5-14/h4-7,18,21H,8-11H2,1-3H3/b16-12-,18-17?. The second-order valence-corrected chi connectivity index (χ2v) is 5.54. The topological polar surface area (TPSA) is 76.9 Å². The average Bonchev–Trinajstić information content (AvgIpc) is 2.54. The fraction of sp³-hybridized carbons (Fsp3) is 0.412. The van der Waals surface area contributed by atoms with E-state index < -0.39 is 0 Å². The first kappa shape index (κ1) is 16.9. The molecular formula is C17H23N3O3. The minimum Gasteiger partial charge on any atom is -0.512 e. The van der Waals surface area contributed by atoms with Gasteiger partial charge in [-0.05, 0) is 38.1 Å². The fourth-order valence-electron chi connectivity index (χ4n) is 2.73. The molecule has 2 N–H and O–H groups in total. The van der Waals surface area contributed by atoms with Crippen LogP contribution in [0.25, 0.3) is 0 Å². The number of carbonyl (C=O) groups is 1. The predicted octanol–water partition coefficient (Wildman–Crippen LogP) is 2.22. The van der Waals surface area contributed by atoms with Crippen LogP contribution in [-0.4, -0.2) is 54.9 Å². The smallest absolute Gasteiger partial charge is 0.166 e. The lowest BCUT2D eigenvalue weighted by Gasteiger charge is -2.37. The summed E-state index contributed by atoms with van der Waals surface area (Å²) in [6, 6.07) is 7.88. The number of anilines is 1. The van der Waals surface area contributed by atoms with Crippen LogP contribution in [0.3, 0.4) is 0 Å². The molecule has 1 aromatic carbocycles. The normalized spacial score (nSPS) is 16.0. The molecule has 1 heterocycles. The van der Waals surface area contributed by atoms with Crippen LogP contribution >= 0.6 is 0 Å². The van der Waals surface area contributed by atoms with Gasteiger partial charge < -0.3 is 19.6 Å². The van der Waals surface area contributed by atoms with Crippen LogP contribution < -0.4 is 9.64 Å². The number of benzene rings is 1. The van der Waals surface area contributed by atoms with Gasteiger partial charge in [-0.15, -0.1) is 0 Å². The van der Waals surface area contributed by atoms with Crippen molar-refractivity contribution in [2.75, 3.05) is 38.2 Å². The first-order valence-corrected chi connectivity index (χ1v) is 7.57. The highest BCUT2D eigenvalue weighted by atomic mass is 16.5. The van der Waals surface area contributed by atoms with E-state index in [1.54, 1.807) is 7.11 Å². The fourth-order valence-corrected chi connectivity index (χ4v) is 2.73. The number of methoxy groups -OCH3 is 1. The Balaban J connectivity index is 2.01. The van der Waals surface area contributed by atoms with E-state index in [0.29, 0.717) is 13.1 Å². The Kier molecular flexibility index (Phi) is 5.26. The highest BCUT2D eigenvalue weighted by Crippen LogP contribution is 2.21. The second kappa shape index (κ2) is 7.17. The zero-order chi connectivity index (χ0) is 17.0. The van der Waals surface area contributed by atoms with E-state index in [2.05, 4.69) is 4.90 Å². The van der Waals surface area contributed by atoms with Gasteiger partial charge in [0, 0.05) is 31.9 Å². The third kappa shape index (κ3) is 3.83. The van der Waals surface area contributed by atoms with Crippen LogP contribution in [0.2, 0.25) is 0 Å². The quantitative estimate of drug-likeness (QED) is 0.385. The number of amidine groups is 1. The number of hydrogen-bond acceptors (Lipinski definition) is 5. The number of ketones is 1. The third-order valence-electron chi connectivity index (χ3n) is 3.98. The van der Waals surface area contributed by atoms with E-state index in [1.807, 2.05) is 29.2 Å². The van der Waals surface area contributed by atoms with Crippen molar-refractivity contribution in [1.82, 2.24) is 4.90 Å². The van der Waals surface area contributed by atoms with Crippen molar-refractivity contribution < 1.29 is 14.6 Å². The zero-order valence-corrected chi connectivity index (χ0v) is 13.8. The van der Waals surface area contributed by atoms with Crippen molar-refractivity contribution in [3.8, 4) is 5.75 Å². The van der Waals surface area contributed by atoms with Gasteiger partial charge in [0.15, 0.2) is 5.78 Å². The lowest BCUT2D eigenvalue weighted by Crippen LogP contribution is -2.49. The van der Waals surface area contributed by atoms with Crippen molar-refractivity contribution in [3.05, 3.63) is 35.6 Å². The highest BCUT2D eigenvalue weighted by molar-refractivity contribution is 6.19. The Morgan fingerprint density at radius 3 is 2.13 bits per heavy atom. The number of allylic oxidation sites excluding steroid dienone is 1. The van der Waals surface area contributed by atoms with Gasteiger partial charge in [0.2, 0.25) is 0 Å². The molecule has 1 aromatic rings. The van der Waals surface area contributed by atoms with Gasteiger partial charge in [-0.3, -0.25) is 10.2 Å². The summed E-state index contributed by atoms with van der Waals surface area (Å²) in [5.74, 6) is 0.545. The van der Waals surface area contributed by atoms with E-state index in [0.717, 1.165) is 24.5 Å². The second-order valence-electron chi connectivity index (χ2n) is 5.54. The maximum absolute atomic E-state index is 11.6. The summed E-state index contributed by atoms with van der Waals surface area (Å²) in [7, 11) is 1.64. The first-order valence-electron chi connectivity index (χ1n) is 7.57. The Morgan fingerprint density at radius 1 is 1.13 bits per heavy atom. The van der Waals surface area contributed by atoms with Gasteiger partial charge in [0.1, 0.15) is 17.3 Å². The Labute approximate surface area is 136 Å². The summed E-state index contributed by atoms with van der Waals surface area (Å²) in [6.07, 6.45) is 0. The van der Waals surface area contributed by atoms with E-state index in [9.17, 15) is 9.90 Å².